The Kier molecular flexibility index (Phi) is 4.91. The quantitative estimate of drug-likeness (QED) is 0.636. The van der Waals surface area contributed by atoms with E-state index in [1.165, 1.54) is 30.6 Å². The SMILES string of the molecule is COC(=O)c1ccc(CNc2nnc(-c3cc(Br)ccc3F)s2)o1. The third kappa shape index (κ3) is 3.62. The molecule has 0 aliphatic heterocycles. The van der Waals surface area contributed by atoms with Crippen LogP contribution in [0.4, 0.5) is 9.52 Å². The second-order valence-corrected chi connectivity index (χ2v) is 6.54. The number of methoxy groups -OCH3 is 1. The monoisotopic (exact) mass is 411 g/mol. The number of carbonyl (C=O) groups is 1. The molecule has 1 N–H and O–H groups in total. The molecule has 6 nitrogen and oxygen atoms in total. The Bertz CT molecular complexity index is 880. The van der Waals surface area contributed by atoms with Gasteiger partial charge in [0, 0.05) is 10.0 Å². The lowest BCUT2D eigenvalue weighted by molar-refractivity contribution is 0.0563. The van der Waals surface area contributed by atoms with Gasteiger partial charge in [0.1, 0.15) is 11.6 Å². The zero-order chi connectivity index (χ0) is 17.1. The molecule has 0 atom stereocenters. The lowest BCUT2D eigenvalue weighted by atomic mass is 10.2. The van der Waals surface area contributed by atoms with E-state index in [4.69, 9.17) is 4.42 Å². The molecule has 0 saturated carbocycles. The molecule has 0 amide bonds. The highest BCUT2D eigenvalue weighted by Crippen LogP contribution is 2.30. The van der Waals surface area contributed by atoms with Gasteiger partial charge in [-0.3, -0.25) is 0 Å². The van der Waals surface area contributed by atoms with E-state index in [9.17, 15) is 9.18 Å². The molecule has 0 saturated heterocycles. The fourth-order valence-electron chi connectivity index (χ4n) is 1.91. The van der Waals surface area contributed by atoms with E-state index in [0.717, 1.165) is 4.47 Å². The van der Waals surface area contributed by atoms with Crippen LogP contribution in [0.3, 0.4) is 0 Å². The van der Waals surface area contributed by atoms with Gasteiger partial charge in [-0.15, -0.1) is 10.2 Å². The molecule has 2 heterocycles. The van der Waals surface area contributed by atoms with Crippen LogP contribution in [0.2, 0.25) is 0 Å². The molecular weight excluding hydrogens is 401 g/mol. The highest BCUT2D eigenvalue weighted by Gasteiger charge is 2.13. The van der Waals surface area contributed by atoms with Gasteiger partial charge in [-0.25, -0.2) is 9.18 Å². The number of nitrogens with zero attached hydrogens (tertiary/aromatic N) is 2. The van der Waals surface area contributed by atoms with Crippen molar-refractivity contribution < 1.29 is 18.3 Å². The smallest absolute Gasteiger partial charge is 0.373 e. The summed E-state index contributed by atoms with van der Waals surface area (Å²) in [5.74, 6) is -0.233. The van der Waals surface area contributed by atoms with Crippen LogP contribution in [0, 0.1) is 5.82 Å². The average Bonchev–Trinajstić information content (AvgIpc) is 3.23. The third-order valence-electron chi connectivity index (χ3n) is 3.05. The second kappa shape index (κ2) is 7.10. The van der Waals surface area contributed by atoms with Crippen molar-refractivity contribution in [3.05, 3.63) is 52.1 Å². The van der Waals surface area contributed by atoms with E-state index in [1.807, 2.05) is 0 Å². The van der Waals surface area contributed by atoms with Crippen LogP contribution < -0.4 is 5.32 Å². The highest BCUT2D eigenvalue weighted by molar-refractivity contribution is 9.10. The van der Waals surface area contributed by atoms with Gasteiger partial charge in [0.05, 0.1) is 13.7 Å². The van der Waals surface area contributed by atoms with Gasteiger partial charge in [0.2, 0.25) is 10.9 Å². The Morgan fingerprint density at radius 1 is 1.38 bits per heavy atom. The summed E-state index contributed by atoms with van der Waals surface area (Å²) < 4.78 is 24.5. The van der Waals surface area contributed by atoms with E-state index in [2.05, 4.69) is 36.2 Å². The maximum absolute atomic E-state index is 13.9. The van der Waals surface area contributed by atoms with E-state index in [0.29, 0.717) is 28.0 Å². The Morgan fingerprint density at radius 2 is 2.21 bits per heavy atom. The number of anilines is 1. The van der Waals surface area contributed by atoms with Crippen molar-refractivity contribution in [2.75, 3.05) is 12.4 Å². The summed E-state index contributed by atoms with van der Waals surface area (Å²) in [6, 6.07) is 7.83. The Morgan fingerprint density at radius 3 is 3.00 bits per heavy atom. The van der Waals surface area contributed by atoms with Crippen molar-refractivity contribution >= 4 is 38.4 Å². The fourth-order valence-corrected chi connectivity index (χ4v) is 3.03. The van der Waals surface area contributed by atoms with Crippen LogP contribution in [0.15, 0.2) is 39.2 Å². The first-order valence-corrected chi connectivity index (χ1v) is 8.37. The Labute approximate surface area is 148 Å². The number of furan rings is 1. The summed E-state index contributed by atoms with van der Waals surface area (Å²) >= 11 is 4.52. The van der Waals surface area contributed by atoms with Crippen LogP contribution in [0.1, 0.15) is 16.3 Å². The fraction of sp³-hybridized carbons (Fsp3) is 0.133. The van der Waals surface area contributed by atoms with Crippen molar-refractivity contribution in [1.29, 1.82) is 0 Å². The van der Waals surface area contributed by atoms with Crippen molar-refractivity contribution in [2.45, 2.75) is 6.54 Å². The summed E-state index contributed by atoms with van der Waals surface area (Å²) in [5.41, 5.74) is 0.376. The number of ether oxygens (including phenoxy) is 1. The van der Waals surface area contributed by atoms with Crippen LogP contribution in [0.5, 0.6) is 0 Å². The first-order chi connectivity index (χ1) is 11.6. The van der Waals surface area contributed by atoms with Gasteiger partial charge < -0.3 is 14.5 Å². The van der Waals surface area contributed by atoms with Crippen LogP contribution in [-0.4, -0.2) is 23.3 Å². The molecule has 9 heteroatoms. The Balaban J connectivity index is 1.69. The van der Waals surface area contributed by atoms with E-state index in [1.54, 1.807) is 18.2 Å². The van der Waals surface area contributed by atoms with E-state index in [-0.39, 0.29) is 11.6 Å². The molecule has 0 aliphatic rings. The predicted molar refractivity (Wildman–Crippen MR) is 90.4 cm³/mol. The molecule has 124 valence electrons. The minimum Gasteiger partial charge on any atom is -0.463 e. The average molecular weight is 412 g/mol. The second-order valence-electron chi connectivity index (χ2n) is 4.65. The lowest BCUT2D eigenvalue weighted by Gasteiger charge is -1.99. The molecule has 2 aromatic heterocycles. The topological polar surface area (TPSA) is 77.2 Å². The van der Waals surface area contributed by atoms with Crippen LogP contribution >= 0.6 is 27.3 Å². The number of aromatic nitrogens is 2. The van der Waals surface area contributed by atoms with Crippen molar-refractivity contribution in [2.24, 2.45) is 0 Å². The minimum atomic E-state index is -0.537. The molecular formula is C15H11BrFN3O3S. The maximum Gasteiger partial charge on any atom is 0.373 e. The number of benzene rings is 1. The van der Waals surface area contributed by atoms with Crippen molar-refractivity contribution in [3.8, 4) is 10.6 Å². The normalized spacial score (nSPS) is 10.6. The summed E-state index contributed by atoms with van der Waals surface area (Å²) in [7, 11) is 1.28. The molecule has 3 aromatic rings. The molecule has 0 fully saturated rings. The van der Waals surface area contributed by atoms with Crippen molar-refractivity contribution in [1.82, 2.24) is 10.2 Å². The van der Waals surface area contributed by atoms with E-state index < -0.39 is 5.97 Å². The number of esters is 1. The molecule has 0 spiro atoms. The number of hydrogen-bond donors (Lipinski definition) is 1. The van der Waals surface area contributed by atoms with Gasteiger partial charge in [0.15, 0.2) is 5.01 Å². The number of rotatable bonds is 5. The minimum absolute atomic E-state index is 0.128. The number of halogens is 2. The molecule has 0 aliphatic carbocycles. The largest absolute Gasteiger partial charge is 0.463 e. The van der Waals surface area contributed by atoms with Gasteiger partial charge >= 0.3 is 5.97 Å². The van der Waals surface area contributed by atoms with Gasteiger partial charge in [-0.1, -0.05) is 27.3 Å². The van der Waals surface area contributed by atoms with Gasteiger partial charge in [-0.2, -0.15) is 0 Å². The summed E-state index contributed by atoms with van der Waals surface area (Å²) in [4.78, 5) is 11.3. The van der Waals surface area contributed by atoms with E-state index >= 15 is 0 Å². The summed E-state index contributed by atoms with van der Waals surface area (Å²) in [6.45, 7) is 0.312. The maximum atomic E-state index is 13.9. The van der Waals surface area contributed by atoms with Crippen molar-refractivity contribution in [3.63, 3.8) is 0 Å². The van der Waals surface area contributed by atoms with Gasteiger partial charge in [0.25, 0.3) is 0 Å². The molecule has 0 bridgehead atoms. The molecule has 1 aromatic carbocycles. The predicted octanol–water partition coefficient (Wildman–Crippen LogP) is 4.10. The summed E-state index contributed by atoms with van der Waals surface area (Å²) in [6.07, 6.45) is 0. The number of carbonyl (C=O) groups excluding carboxylic acids is 1. The Hall–Kier alpha value is -2.26. The molecule has 0 unspecified atom stereocenters. The number of nitrogens with one attached hydrogen (secondary N) is 1. The highest BCUT2D eigenvalue weighted by atomic mass is 79.9. The van der Waals surface area contributed by atoms with Crippen LogP contribution in [-0.2, 0) is 11.3 Å². The number of hydrogen-bond acceptors (Lipinski definition) is 7. The van der Waals surface area contributed by atoms with Gasteiger partial charge in [-0.05, 0) is 30.3 Å². The van der Waals surface area contributed by atoms with Crippen LogP contribution in [0.25, 0.3) is 10.6 Å². The first-order valence-electron chi connectivity index (χ1n) is 6.76. The molecule has 0 radical (unpaired) electrons. The molecule has 24 heavy (non-hydrogen) atoms. The first kappa shape index (κ1) is 16.6. The zero-order valence-corrected chi connectivity index (χ0v) is 14.8. The third-order valence-corrected chi connectivity index (χ3v) is 4.45. The molecule has 3 rings (SSSR count). The zero-order valence-electron chi connectivity index (χ0n) is 12.4. The summed E-state index contributed by atoms with van der Waals surface area (Å²) in [5, 5.41) is 12.0. The lowest BCUT2D eigenvalue weighted by Crippen LogP contribution is -2.00. The standard InChI is InChI=1S/C15H11BrFN3O3S/c1-22-14(21)12-5-3-9(23-12)7-18-15-20-19-13(24-15)10-6-8(16)2-4-11(10)17/h2-6H,7H2,1H3,(H,18,20).